The quantitative estimate of drug-likeness (QED) is 0.392. The lowest BCUT2D eigenvalue weighted by Crippen LogP contribution is -2.49. The van der Waals surface area contributed by atoms with E-state index in [4.69, 9.17) is 4.74 Å². The number of hydrogen-bond acceptors (Lipinski definition) is 8. The second kappa shape index (κ2) is 10.1. The number of ether oxygens (including phenoxy) is 1. The Kier molecular flexibility index (Phi) is 6.30. The Morgan fingerprint density at radius 3 is 2.89 bits per heavy atom. The highest BCUT2D eigenvalue weighted by Gasteiger charge is 2.32. The third-order valence-corrected chi connectivity index (χ3v) is 6.77. The molecule has 194 valence electrons. The molecule has 0 unspecified atom stereocenters. The summed E-state index contributed by atoms with van der Waals surface area (Å²) in [7, 11) is 1.69. The summed E-state index contributed by atoms with van der Waals surface area (Å²) in [5, 5.41) is 13.8. The van der Waals surface area contributed by atoms with Crippen LogP contribution in [0.5, 0.6) is 5.75 Å². The lowest BCUT2D eigenvalue weighted by atomic mass is 10.1. The first-order valence-corrected chi connectivity index (χ1v) is 12.4. The number of H-pyrrole nitrogens is 1. The second-order valence-electron chi connectivity index (χ2n) is 9.41. The SMILES string of the molecule is CN1C(=O)[C@@H](NC(=O)c2n[nH]c(Cc3ccccc3)n2)COc2ccc(CN3CCn4ncnc4C3)cc21. The van der Waals surface area contributed by atoms with Crippen molar-refractivity contribution in [3.63, 3.8) is 0 Å². The molecule has 0 spiro atoms. The molecule has 0 radical (unpaired) electrons. The van der Waals surface area contributed by atoms with Crippen LogP contribution in [0.4, 0.5) is 5.69 Å². The molecule has 2 aromatic heterocycles. The van der Waals surface area contributed by atoms with Crippen LogP contribution in [-0.2, 0) is 30.8 Å². The number of carbonyl (C=O) groups excluding carboxylic acids is 2. The summed E-state index contributed by atoms with van der Waals surface area (Å²) < 4.78 is 7.86. The van der Waals surface area contributed by atoms with E-state index in [1.165, 1.54) is 4.90 Å². The van der Waals surface area contributed by atoms with E-state index in [-0.39, 0.29) is 18.3 Å². The van der Waals surface area contributed by atoms with E-state index in [9.17, 15) is 9.59 Å². The summed E-state index contributed by atoms with van der Waals surface area (Å²) >= 11 is 0. The van der Waals surface area contributed by atoms with Crippen molar-refractivity contribution in [2.24, 2.45) is 0 Å². The van der Waals surface area contributed by atoms with Crippen molar-refractivity contribution in [2.45, 2.75) is 32.1 Å². The van der Waals surface area contributed by atoms with Crippen LogP contribution >= 0.6 is 0 Å². The first-order valence-electron chi connectivity index (χ1n) is 12.4. The van der Waals surface area contributed by atoms with Gasteiger partial charge in [-0.1, -0.05) is 36.4 Å². The molecule has 4 heterocycles. The van der Waals surface area contributed by atoms with Gasteiger partial charge < -0.3 is 15.0 Å². The van der Waals surface area contributed by atoms with Crippen LogP contribution in [0.2, 0.25) is 0 Å². The Bertz CT molecular complexity index is 1470. The van der Waals surface area contributed by atoms with Gasteiger partial charge in [0.2, 0.25) is 5.82 Å². The van der Waals surface area contributed by atoms with Crippen molar-refractivity contribution in [1.29, 1.82) is 0 Å². The molecule has 0 aliphatic carbocycles. The maximum Gasteiger partial charge on any atom is 0.291 e. The average Bonchev–Trinajstić information content (AvgIpc) is 3.58. The molecule has 2 aliphatic rings. The minimum atomic E-state index is -0.882. The Balaban J connectivity index is 1.11. The third-order valence-electron chi connectivity index (χ3n) is 6.77. The van der Waals surface area contributed by atoms with Gasteiger partial charge in [-0.2, -0.15) is 5.10 Å². The van der Waals surface area contributed by atoms with Gasteiger partial charge in [0.05, 0.1) is 18.8 Å². The van der Waals surface area contributed by atoms with Crippen molar-refractivity contribution in [2.75, 3.05) is 25.1 Å². The van der Waals surface area contributed by atoms with Crippen molar-refractivity contribution < 1.29 is 14.3 Å². The Hall–Kier alpha value is -4.58. The summed E-state index contributed by atoms with van der Waals surface area (Å²) in [6, 6.07) is 14.7. The van der Waals surface area contributed by atoms with Crippen molar-refractivity contribution in [3.05, 3.63) is 83.5 Å². The van der Waals surface area contributed by atoms with Gasteiger partial charge in [0, 0.05) is 26.6 Å². The van der Waals surface area contributed by atoms with Gasteiger partial charge in [-0.3, -0.25) is 19.6 Å². The molecule has 38 heavy (non-hydrogen) atoms. The molecule has 2 aliphatic heterocycles. The fraction of sp³-hybridized carbons (Fsp3) is 0.308. The van der Waals surface area contributed by atoms with Crippen LogP contribution in [0.15, 0.2) is 54.9 Å². The molecule has 2 aromatic carbocycles. The molecule has 12 nitrogen and oxygen atoms in total. The van der Waals surface area contributed by atoms with Crippen LogP contribution in [0.3, 0.4) is 0 Å². The van der Waals surface area contributed by atoms with E-state index in [0.717, 1.165) is 30.0 Å². The smallest absolute Gasteiger partial charge is 0.291 e. The largest absolute Gasteiger partial charge is 0.489 e. The Morgan fingerprint density at radius 2 is 2.03 bits per heavy atom. The first-order chi connectivity index (χ1) is 18.5. The lowest BCUT2D eigenvalue weighted by molar-refractivity contribution is -0.120. The normalized spacial score (nSPS) is 17.3. The lowest BCUT2D eigenvalue weighted by Gasteiger charge is -2.27. The van der Waals surface area contributed by atoms with E-state index in [0.29, 0.717) is 36.8 Å². The predicted octanol–water partition coefficient (Wildman–Crippen LogP) is 1.16. The van der Waals surface area contributed by atoms with Gasteiger partial charge >= 0.3 is 0 Å². The Morgan fingerprint density at radius 1 is 1.16 bits per heavy atom. The molecule has 0 fully saturated rings. The molecular weight excluding hydrogens is 486 g/mol. The van der Waals surface area contributed by atoms with Gasteiger partial charge in [-0.15, -0.1) is 5.10 Å². The number of carbonyl (C=O) groups is 2. The van der Waals surface area contributed by atoms with Crippen molar-refractivity contribution in [1.82, 2.24) is 40.2 Å². The molecule has 6 rings (SSSR count). The number of aromatic amines is 1. The molecule has 1 atom stereocenters. The highest BCUT2D eigenvalue weighted by Crippen LogP contribution is 2.32. The van der Waals surface area contributed by atoms with E-state index in [1.54, 1.807) is 13.4 Å². The number of nitrogens with zero attached hydrogens (tertiary/aromatic N) is 7. The summed E-state index contributed by atoms with van der Waals surface area (Å²) in [6.45, 7) is 3.08. The number of nitrogens with one attached hydrogen (secondary N) is 2. The first kappa shape index (κ1) is 23.8. The van der Waals surface area contributed by atoms with Crippen LogP contribution in [-0.4, -0.2) is 72.9 Å². The van der Waals surface area contributed by atoms with Crippen LogP contribution in [0, 0.1) is 0 Å². The minimum absolute atomic E-state index is 0.00430. The third kappa shape index (κ3) is 4.85. The highest BCUT2D eigenvalue weighted by atomic mass is 16.5. The van der Waals surface area contributed by atoms with Crippen LogP contribution in [0.25, 0.3) is 0 Å². The molecule has 4 aromatic rings. The molecule has 0 bridgehead atoms. The van der Waals surface area contributed by atoms with Crippen molar-refractivity contribution >= 4 is 17.5 Å². The van der Waals surface area contributed by atoms with Gasteiger partial charge in [0.25, 0.3) is 11.8 Å². The standard InChI is InChI=1S/C26H27N9O3/c1-33-20-11-18(13-34-9-10-35-23(14-34)27-16-28-35)7-8-21(20)38-15-19(26(33)37)29-25(36)24-30-22(31-32-24)12-17-5-3-2-4-6-17/h2-8,11,16,19H,9-10,12-15H2,1H3,(H,29,36)(H,30,31,32)/t19-/m0/s1. The molecule has 0 saturated heterocycles. The number of benzene rings is 2. The fourth-order valence-corrected chi connectivity index (χ4v) is 4.74. The highest BCUT2D eigenvalue weighted by molar-refractivity contribution is 6.02. The zero-order chi connectivity index (χ0) is 26.1. The van der Waals surface area contributed by atoms with E-state index < -0.39 is 11.9 Å². The minimum Gasteiger partial charge on any atom is -0.489 e. The van der Waals surface area contributed by atoms with Crippen LogP contribution < -0.4 is 15.0 Å². The van der Waals surface area contributed by atoms with Gasteiger partial charge in [0.15, 0.2) is 0 Å². The summed E-state index contributed by atoms with van der Waals surface area (Å²) in [5.74, 6) is 1.26. The number of hydrogen-bond donors (Lipinski definition) is 2. The Labute approximate surface area is 218 Å². The van der Waals surface area contributed by atoms with Crippen LogP contribution in [0.1, 0.15) is 33.4 Å². The maximum absolute atomic E-state index is 13.3. The molecular formula is C26H27N9O3. The van der Waals surface area contributed by atoms with Crippen molar-refractivity contribution in [3.8, 4) is 5.75 Å². The molecule has 12 heteroatoms. The van der Waals surface area contributed by atoms with E-state index >= 15 is 0 Å². The summed E-state index contributed by atoms with van der Waals surface area (Å²) in [5.41, 5.74) is 2.76. The van der Waals surface area contributed by atoms with Gasteiger partial charge in [0.1, 0.15) is 36.4 Å². The van der Waals surface area contributed by atoms with Gasteiger partial charge in [-0.25, -0.2) is 14.6 Å². The van der Waals surface area contributed by atoms with E-state index in [1.807, 2.05) is 53.2 Å². The second-order valence-corrected chi connectivity index (χ2v) is 9.41. The fourth-order valence-electron chi connectivity index (χ4n) is 4.74. The van der Waals surface area contributed by atoms with Gasteiger partial charge in [-0.05, 0) is 23.3 Å². The van der Waals surface area contributed by atoms with E-state index in [2.05, 4.69) is 35.5 Å². The summed E-state index contributed by atoms with van der Waals surface area (Å²) in [4.78, 5) is 38.6. The topological polar surface area (TPSA) is 134 Å². The summed E-state index contributed by atoms with van der Waals surface area (Å²) in [6.07, 6.45) is 2.10. The number of amides is 2. The number of likely N-dealkylation sites (N-methyl/N-ethyl adjacent to an activating group) is 1. The zero-order valence-corrected chi connectivity index (χ0v) is 20.9. The number of rotatable bonds is 6. The zero-order valence-electron chi connectivity index (χ0n) is 20.9. The molecule has 2 N–H and O–H groups in total. The monoisotopic (exact) mass is 513 g/mol. The number of anilines is 1. The number of fused-ring (bicyclic) bond motifs is 2. The average molecular weight is 514 g/mol. The number of aromatic nitrogens is 6. The molecule has 0 saturated carbocycles. The molecule has 2 amide bonds. The maximum atomic E-state index is 13.3. The predicted molar refractivity (Wildman–Crippen MR) is 136 cm³/mol.